The van der Waals surface area contributed by atoms with Gasteiger partial charge in [0.05, 0.1) is 6.54 Å². The highest BCUT2D eigenvalue weighted by atomic mass is 16.2. The highest BCUT2D eigenvalue weighted by Gasteiger charge is 2.15. The van der Waals surface area contributed by atoms with Crippen LogP contribution in [0.5, 0.6) is 0 Å². The number of amides is 2. The molecular formula is C16H20N2O3. The Morgan fingerprint density at radius 2 is 2.10 bits per heavy atom. The molecule has 0 fully saturated rings. The molecule has 0 aliphatic carbocycles. The van der Waals surface area contributed by atoms with Gasteiger partial charge in [-0.3, -0.25) is 9.59 Å². The van der Waals surface area contributed by atoms with Crippen LogP contribution in [0.1, 0.15) is 28.4 Å². The Kier molecular flexibility index (Phi) is 6.44. The zero-order valence-corrected chi connectivity index (χ0v) is 12.6. The van der Waals surface area contributed by atoms with Crippen LogP contribution in [0.2, 0.25) is 0 Å². The summed E-state index contributed by atoms with van der Waals surface area (Å²) in [7, 11) is 1.58. The molecule has 0 radical (unpaired) electrons. The zero-order chi connectivity index (χ0) is 15.8. The molecule has 1 aromatic carbocycles. The fourth-order valence-electron chi connectivity index (χ4n) is 1.79. The van der Waals surface area contributed by atoms with Crippen molar-refractivity contribution in [1.82, 2.24) is 10.2 Å². The molecule has 0 aliphatic rings. The maximum Gasteiger partial charge on any atom is 0.254 e. The molecule has 5 heteroatoms. The minimum Gasteiger partial charge on any atom is -0.384 e. The normalized spacial score (nSPS) is 9.52. The van der Waals surface area contributed by atoms with Gasteiger partial charge in [0.2, 0.25) is 5.91 Å². The number of aliphatic hydroxyl groups excluding tert-OH is 1. The molecule has 1 rings (SSSR count). The Hall–Kier alpha value is -2.32. The maximum atomic E-state index is 12.3. The van der Waals surface area contributed by atoms with Crippen molar-refractivity contribution in [3.63, 3.8) is 0 Å². The van der Waals surface area contributed by atoms with Gasteiger partial charge in [-0.2, -0.15) is 0 Å². The molecule has 0 saturated carbocycles. The lowest BCUT2D eigenvalue weighted by molar-refractivity contribution is -0.121. The van der Waals surface area contributed by atoms with E-state index < -0.39 is 0 Å². The highest BCUT2D eigenvalue weighted by Crippen LogP contribution is 2.12. The van der Waals surface area contributed by atoms with Gasteiger partial charge in [-0.1, -0.05) is 17.9 Å². The fraction of sp³-hybridized carbons (Fsp3) is 0.375. The Balaban J connectivity index is 2.89. The third kappa shape index (κ3) is 4.93. The van der Waals surface area contributed by atoms with Crippen LogP contribution in [0, 0.1) is 18.8 Å². The van der Waals surface area contributed by atoms with Crippen molar-refractivity contribution in [3.8, 4) is 11.8 Å². The quantitative estimate of drug-likeness (QED) is 0.795. The molecule has 0 aliphatic heterocycles. The van der Waals surface area contributed by atoms with Crippen LogP contribution in [-0.2, 0) is 4.79 Å². The largest absolute Gasteiger partial charge is 0.384 e. The van der Waals surface area contributed by atoms with E-state index in [4.69, 9.17) is 5.11 Å². The topological polar surface area (TPSA) is 69.6 Å². The number of carbonyl (C=O) groups is 2. The fourth-order valence-corrected chi connectivity index (χ4v) is 1.79. The molecule has 0 bridgehead atoms. The van der Waals surface area contributed by atoms with Gasteiger partial charge in [0.1, 0.15) is 6.61 Å². The summed E-state index contributed by atoms with van der Waals surface area (Å²) in [5.74, 6) is 4.94. The van der Waals surface area contributed by atoms with Crippen LogP contribution >= 0.6 is 0 Å². The van der Waals surface area contributed by atoms with Crippen LogP contribution in [0.15, 0.2) is 18.2 Å². The van der Waals surface area contributed by atoms with Gasteiger partial charge in [0.15, 0.2) is 0 Å². The second kappa shape index (κ2) is 8.08. The summed E-state index contributed by atoms with van der Waals surface area (Å²) in [5.41, 5.74) is 2.09. The molecule has 2 amide bonds. The second-order valence-electron chi connectivity index (χ2n) is 4.60. The van der Waals surface area contributed by atoms with Gasteiger partial charge in [-0.25, -0.2) is 0 Å². The third-order valence-electron chi connectivity index (χ3n) is 2.89. The number of nitrogens with zero attached hydrogens (tertiary/aromatic N) is 1. The van der Waals surface area contributed by atoms with Crippen LogP contribution in [0.25, 0.3) is 0 Å². The van der Waals surface area contributed by atoms with E-state index in [2.05, 4.69) is 17.2 Å². The van der Waals surface area contributed by atoms with Crippen molar-refractivity contribution in [2.45, 2.75) is 13.8 Å². The van der Waals surface area contributed by atoms with Gasteiger partial charge >= 0.3 is 0 Å². The van der Waals surface area contributed by atoms with Crippen molar-refractivity contribution in [3.05, 3.63) is 34.9 Å². The van der Waals surface area contributed by atoms with E-state index >= 15 is 0 Å². The van der Waals surface area contributed by atoms with Gasteiger partial charge < -0.3 is 15.3 Å². The lowest BCUT2D eigenvalue weighted by atomic mass is 10.0. The molecule has 1 aromatic rings. The minimum absolute atomic E-state index is 0.0121. The lowest BCUT2D eigenvalue weighted by Gasteiger charge is -2.17. The number of hydrogen-bond acceptors (Lipinski definition) is 3. The van der Waals surface area contributed by atoms with Gasteiger partial charge in [-0.15, -0.1) is 0 Å². The Bertz CT molecular complexity index is 585. The van der Waals surface area contributed by atoms with Gasteiger partial charge in [0, 0.05) is 24.7 Å². The molecule has 112 valence electrons. The van der Waals surface area contributed by atoms with Crippen LogP contribution < -0.4 is 5.32 Å². The molecule has 21 heavy (non-hydrogen) atoms. The molecule has 5 nitrogen and oxygen atoms in total. The van der Waals surface area contributed by atoms with E-state index in [1.54, 1.807) is 25.2 Å². The lowest BCUT2D eigenvalue weighted by Crippen LogP contribution is -2.38. The SMILES string of the molecule is CCNC(=O)CN(C)C(=O)c1ccc(C)c(C#CCO)c1. The molecular weight excluding hydrogens is 268 g/mol. The van der Waals surface area contributed by atoms with Crippen LogP contribution in [-0.4, -0.2) is 48.6 Å². The molecule has 0 spiro atoms. The smallest absolute Gasteiger partial charge is 0.254 e. The first-order chi connectivity index (χ1) is 9.99. The molecule has 0 atom stereocenters. The van der Waals surface area contributed by atoms with Crippen molar-refractivity contribution < 1.29 is 14.7 Å². The standard InChI is InChI=1S/C16H20N2O3/c1-4-17-15(20)11-18(3)16(21)14-8-7-12(2)13(10-14)6-5-9-19/h7-8,10,19H,4,9,11H2,1-3H3,(H,17,20). The van der Waals surface area contributed by atoms with E-state index in [9.17, 15) is 9.59 Å². The highest BCUT2D eigenvalue weighted by molar-refractivity contribution is 5.96. The zero-order valence-electron chi connectivity index (χ0n) is 12.6. The predicted octanol–water partition coefficient (Wildman–Crippen LogP) is 0.547. The average Bonchev–Trinajstić information content (AvgIpc) is 2.45. The van der Waals surface area contributed by atoms with Crippen molar-refractivity contribution in [1.29, 1.82) is 0 Å². The number of aryl methyl sites for hydroxylation is 1. The third-order valence-corrected chi connectivity index (χ3v) is 2.89. The number of likely N-dealkylation sites (N-methyl/N-ethyl adjacent to an activating group) is 2. The number of nitrogens with one attached hydrogen (secondary N) is 1. The van der Waals surface area contributed by atoms with Gasteiger partial charge in [0.25, 0.3) is 5.91 Å². The summed E-state index contributed by atoms with van der Waals surface area (Å²) >= 11 is 0. The second-order valence-corrected chi connectivity index (χ2v) is 4.60. The first-order valence-corrected chi connectivity index (χ1v) is 6.72. The maximum absolute atomic E-state index is 12.3. The summed E-state index contributed by atoms with van der Waals surface area (Å²) in [6.07, 6.45) is 0. The van der Waals surface area contributed by atoms with E-state index in [1.165, 1.54) is 4.90 Å². The summed E-state index contributed by atoms with van der Waals surface area (Å²) in [5, 5.41) is 11.4. The van der Waals surface area contributed by atoms with E-state index in [0.29, 0.717) is 17.7 Å². The molecule has 2 N–H and O–H groups in total. The van der Waals surface area contributed by atoms with Crippen molar-refractivity contribution in [2.75, 3.05) is 26.7 Å². The number of aliphatic hydroxyl groups is 1. The van der Waals surface area contributed by atoms with E-state index in [0.717, 1.165) is 5.56 Å². The van der Waals surface area contributed by atoms with Crippen LogP contribution in [0.4, 0.5) is 0 Å². The number of hydrogen-bond donors (Lipinski definition) is 2. The molecule has 0 unspecified atom stereocenters. The first kappa shape index (κ1) is 16.7. The van der Waals surface area contributed by atoms with Gasteiger partial charge in [-0.05, 0) is 31.5 Å². The first-order valence-electron chi connectivity index (χ1n) is 6.72. The Labute approximate surface area is 125 Å². The number of rotatable bonds is 4. The van der Waals surface area contributed by atoms with Crippen molar-refractivity contribution in [2.24, 2.45) is 0 Å². The Morgan fingerprint density at radius 1 is 1.38 bits per heavy atom. The Morgan fingerprint density at radius 3 is 2.71 bits per heavy atom. The van der Waals surface area contributed by atoms with Crippen LogP contribution in [0.3, 0.4) is 0 Å². The summed E-state index contributed by atoms with van der Waals surface area (Å²) in [4.78, 5) is 25.1. The predicted molar refractivity (Wildman–Crippen MR) is 80.8 cm³/mol. The van der Waals surface area contributed by atoms with E-state index in [-0.39, 0.29) is 25.0 Å². The summed E-state index contributed by atoms with van der Waals surface area (Å²) < 4.78 is 0. The number of benzene rings is 1. The monoisotopic (exact) mass is 288 g/mol. The average molecular weight is 288 g/mol. The summed E-state index contributed by atoms with van der Waals surface area (Å²) in [6.45, 7) is 4.03. The van der Waals surface area contributed by atoms with E-state index in [1.807, 2.05) is 13.8 Å². The molecule has 0 heterocycles. The number of carbonyl (C=O) groups excluding carboxylic acids is 2. The minimum atomic E-state index is -0.242. The molecule has 0 saturated heterocycles. The summed E-state index contributed by atoms with van der Waals surface area (Å²) in [6, 6.07) is 5.18. The van der Waals surface area contributed by atoms with Crippen molar-refractivity contribution >= 4 is 11.8 Å². The molecule has 0 aromatic heterocycles.